The number of hydrogen-bond acceptors (Lipinski definition) is 2. The van der Waals surface area contributed by atoms with Crippen LogP contribution in [0.25, 0.3) is 0 Å². The van der Waals surface area contributed by atoms with Crippen molar-refractivity contribution in [2.45, 2.75) is 19.3 Å². The first-order valence-electron chi connectivity index (χ1n) is 5.19. The molecule has 0 aromatic heterocycles. The van der Waals surface area contributed by atoms with E-state index >= 15 is 0 Å². The summed E-state index contributed by atoms with van der Waals surface area (Å²) in [5.74, 6) is 0. The number of nitrogens with one attached hydrogen (secondary N) is 1. The number of hydrogen-bond donors (Lipinski definition) is 1. The molecule has 0 saturated carbocycles. The highest BCUT2D eigenvalue weighted by molar-refractivity contribution is 5.67. The van der Waals surface area contributed by atoms with Gasteiger partial charge in [-0.3, -0.25) is 0 Å². The van der Waals surface area contributed by atoms with Crippen LogP contribution < -0.4 is 5.32 Å². The lowest BCUT2D eigenvalue weighted by molar-refractivity contribution is 0.146. The van der Waals surface area contributed by atoms with E-state index in [1.165, 1.54) is 5.57 Å². The van der Waals surface area contributed by atoms with Crippen LogP contribution in [0.15, 0.2) is 36.5 Å². The molecule has 1 N–H and O–H groups in total. The van der Waals surface area contributed by atoms with Crippen molar-refractivity contribution in [3.05, 3.63) is 36.5 Å². The summed E-state index contributed by atoms with van der Waals surface area (Å²) in [6.45, 7) is 4.42. The van der Waals surface area contributed by atoms with Gasteiger partial charge in [-0.05, 0) is 19.3 Å². The Kier molecular flexibility index (Phi) is 5.30. The third kappa shape index (κ3) is 5.05. The molecule has 0 radical (unpaired) electrons. The summed E-state index contributed by atoms with van der Waals surface area (Å²) in [4.78, 5) is 11.0. The lowest BCUT2D eigenvalue weighted by Gasteiger charge is -2.05. The molecule has 1 aliphatic carbocycles. The Morgan fingerprint density at radius 1 is 1.67 bits per heavy atom. The molecule has 0 saturated heterocycles. The van der Waals surface area contributed by atoms with E-state index in [4.69, 9.17) is 4.74 Å². The standard InChI is InChI=1S/C12H17NO2/c1-2-9-13-12(14)15-10-5-8-11-6-3-4-7-11/h2-4,6H,1,5,7-10H2,(H,13,14). The van der Waals surface area contributed by atoms with Gasteiger partial charge in [0.1, 0.15) is 0 Å². The molecule has 82 valence electrons. The Morgan fingerprint density at radius 3 is 3.20 bits per heavy atom. The highest BCUT2D eigenvalue weighted by Gasteiger charge is 2.01. The second-order valence-corrected chi connectivity index (χ2v) is 3.37. The lowest BCUT2D eigenvalue weighted by Crippen LogP contribution is -2.24. The van der Waals surface area contributed by atoms with Crippen LogP contribution in [0.1, 0.15) is 19.3 Å². The van der Waals surface area contributed by atoms with Crippen LogP contribution in [0.2, 0.25) is 0 Å². The number of carbonyl (C=O) groups excluding carboxylic acids is 1. The summed E-state index contributed by atoms with van der Waals surface area (Å²) < 4.78 is 4.96. The first-order valence-corrected chi connectivity index (χ1v) is 5.19. The van der Waals surface area contributed by atoms with Crippen molar-refractivity contribution >= 4 is 6.09 Å². The molecule has 0 bridgehead atoms. The van der Waals surface area contributed by atoms with Crippen LogP contribution in [-0.4, -0.2) is 19.2 Å². The largest absolute Gasteiger partial charge is 0.450 e. The number of rotatable bonds is 6. The summed E-state index contributed by atoms with van der Waals surface area (Å²) in [6.07, 6.45) is 10.5. The summed E-state index contributed by atoms with van der Waals surface area (Å²) in [6, 6.07) is 0. The molecule has 1 aliphatic rings. The normalized spacial score (nSPS) is 13.5. The molecular weight excluding hydrogens is 190 g/mol. The molecule has 1 rings (SSSR count). The van der Waals surface area contributed by atoms with E-state index in [-0.39, 0.29) is 6.09 Å². The van der Waals surface area contributed by atoms with Crippen molar-refractivity contribution in [2.24, 2.45) is 0 Å². The van der Waals surface area contributed by atoms with E-state index in [0.29, 0.717) is 13.2 Å². The Morgan fingerprint density at radius 2 is 2.53 bits per heavy atom. The minimum Gasteiger partial charge on any atom is -0.450 e. The first kappa shape index (κ1) is 11.6. The van der Waals surface area contributed by atoms with Crippen molar-refractivity contribution in [2.75, 3.05) is 13.2 Å². The minimum atomic E-state index is -0.367. The Hall–Kier alpha value is -1.51. The van der Waals surface area contributed by atoms with E-state index < -0.39 is 0 Å². The average Bonchev–Trinajstić information content (AvgIpc) is 2.74. The topological polar surface area (TPSA) is 38.3 Å². The fourth-order valence-corrected chi connectivity index (χ4v) is 1.35. The van der Waals surface area contributed by atoms with Gasteiger partial charge in [-0.15, -0.1) is 6.58 Å². The summed E-state index contributed by atoms with van der Waals surface area (Å²) >= 11 is 0. The smallest absolute Gasteiger partial charge is 0.407 e. The second kappa shape index (κ2) is 6.87. The molecule has 0 fully saturated rings. The zero-order valence-electron chi connectivity index (χ0n) is 8.87. The second-order valence-electron chi connectivity index (χ2n) is 3.37. The van der Waals surface area contributed by atoms with Gasteiger partial charge in [0.05, 0.1) is 6.61 Å². The fraction of sp³-hybridized carbons (Fsp3) is 0.417. The van der Waals surface area contributed by atoms with Gasteiger partial charge in [0.2, 0.25) is 0 Å². The third-order valence-corrected chi connectivity index (χ3v) is 2.11. The number of ether oxygens (including phenoxy) is 1. The van der Waals surface area contributed by atoms with E-state index in [1.54, 1.807) is 6.08 Å². The molecular formula is C12H17NO2. The Balaban J connectivity index is 1.96. The fourth-order valence-electron chi connectivity index (χ4n) is 1.35. The van der Waals surface area contributed by atoms with Crippen LogP contribution in [0, 0.1) is 0 Å². The first-order chi connectivity index (χ1) is 7.33. The molecule has 0 aliphatic heterocycles. The lowest BCUT2D eigenvalue weighted by atomic mass is 10.1. The number of allylic oxidation sites excluding steroid dienone is 4. The van der Waals surface area contributed by atoms with Gasteiger partial charge in [-0.2, -0.15) is 0 Å². The Bertz CT molecular complexity index is 279. The van der Waals surface area contributed by atoms with E-state index in [9.17, 15) is 4.79 Å². The Labute approximate surface area is 90.5 Å². The maximum absolute atomic E-state index is 11.0. The van der Waals surface area contributed by atoms with Crippen LogP contribution in [0.3, 0.4) is 0 Å². The molecule has 3 nitrogen and oxygen atoms in total. The summed E-state index contributed by atoms with van der Waals surface area (Å²) in [5.41, 5.74) is 1.41. The van der Waals surface area contributed by atoms with Gasteiger partial charge in [-0.25, -0.2) is 4.79 Å². The van der Waals surface area contributed by atoms with Gasteiger partial charge in [-0.1, -0.05) is 29.9 Å². The molecule has 15 heavy (non-hydrogen) atoms. The van der Waals surface area contributed by atoms with Crippen molar-refractivity contribution < 1.29 is 9.53 Å². The molecule has 3 heteroatoms. The number of carbonyl (C=O) groups is 1. The molecule has 0 atom stereocenters. The van der Waals surface area contributed by atoms with Gasteiger partial charge in [0.15, 0.2) is 0 Å². The summed E-state index contributed by atoms with van der Waals surface area (Å²) in [5, 5.41) is 2.55. The zero-order chi connectivity index (χ0) is 10.9. The molecule has 0 aromatic rings. The maximum atomic E-state index is 11.0. The molecule has 0 spiro atoms. The van der Waals surface area contributed by atoms with Crippen molar-refractivity contribution in [3.8, 4) is 0 Å². The van der Waals surface area contributed by atoms with Gasteiger partial charge >= 0.3 is 6.09 Å². The van der Waals surface area contributed by atoms with Crippen LogP contribution in [0.4, 0.5) is 4.79 Å². The number of alkyl carbamates (subject to hydrolysis) is 1. The van der Waals surface area contributed by atoms with Crippen LogP contribution >= 0.6 is 0 Å². The third-order valence-electron chi connectivity index (χ3n) is 2.11. The highest BCUT2D eigenvalue weighted by Crippen LogP contribution is 2.15. The molecule has 0 unspecified atom stereocenters. The van der Waals surface area contributed by atoms with Crippen molar-refractivity contribution in [1.82, 2.24) is 5.32 Å². The van der Waals surface area contributed by atoms with Crippen LogP contribution in [-0.2, 0) is 4.74 Å². The van der Waals surface area contributed by atoms with Crippen molar-refractivity contribution in [1.29, 1.82) is 0 Å². The van der Waals surface area contributed by atoms with Crippen molar-refractivity contribution in [3.63, 3.8) is 0 Å². The monoisotopic (exact) mass is 207 g/mol. The number of amides is 1. The average molecular weight is 207 g/mol. The van der Waals surface area contributed by atoms with Crippen LogP contribution in [0.5, 0.6) is 0 Å². The quantitative estimate of drug-likeness (QED) is 0.537. The molecule has 1 amide bonds. The van der Waals surface area contributed by atoms with Gasteiger partial charge < -0.3 is 10.1 Å². The zero-order valence-corrected chi connectivity index (χ0v) is 8.87. The van der Waals surface area contributed by atoms with E-state index in [0.717, 1.165) is 19.3 Å². The maximum Gasteiger partial charge on any atom is 0.407 e. The van der Waals surface area contributed by atoms with E-state index in [2.05, 4.69) is 30.1 Å². The predicted octanol–water partition coefficient (Wildman–Crippen LogP) is 2.57. The minimum absolute atomic E-state index is 0.367. The molecule has 0 heterocycles. The van der Waals surface area contributed by atoms with Gasteiger partial charge in [0.25, 0.3) is 0 Å². The van der Waals surface area contributed by atoms with E-state index in [1.807, 2.05) is 0 Å². The molecule has 0 aromatic carbocycles. The summed E-state index contributed by atoms with van der Waals surface area (Å²) in [7, 11) is 0. The SMILES string of the molecule is C=CCNC(=O)OCCCC1=CC=CC1. The highest BCUT2D eigenvalue weighted by atomic mass is 16.5. The predicted molar refractivity (Wildman–Crippen MR) is 60.6 cm³/mol. The van der Waals surface area contributed by atoms with Gasteiger partial charge in [0, 0.05) is 6.54 Å².